The van der Waals surface area contributed by atoms with Crippen LogP contribution in [0.25, 0.3) is 0 Å². The van der Waals surface area contributed by atoms with Gasteiger partial charge in [0.15, 0.2) is 0 Å². The molecule has 0 amide bonds. The summed E-state index contributed by atoms with van der Waals surface area (Å²) in [6, 6.07) is 0. The van der Waals surface area contributed by atoms with Gasteiger partial charge in [0.1, 0.15) is 5.70 Å². The SMILES string of the molecule is C=C(C=CC(S)=CC)[N+](C)(CC)CC. The van der Waals surface area contributed by atoms with Gasteiger partial charge in [-0.3, -0.25) is 4.48 Å². The molecular formula is C12H22NS+. The highest BCUT2D eigenvalue weighted by Gasteiger charge is 2.18. The first kappa shape index (κ1) is 13.5. The van der Waals surface area contributed by atoms with E-state index in [0.717, 1.165) is 28.2 Å². The van der Waals surface area contributed by atoms with Crippen LogP contribution >= 0.6 is 12.6 Å². The molecule has 0 heterocycles. The first-order chi connectivity index (χ1) is 6.50. The number of thiol groups is 1. The van der Waals surface area contributed by atoms with Gasteiger partial charge in [0.2, 0.25) is 0 Å². The van der Waals surface area contributed by atoms with Crippen LogP contribution < -0.4 is 0 Å². The Hall–Kier alpha value is -0.470. The second kappa shape index (κ2) is 6.10. The average molecular weight is 212 g/mol. The van der Waals surface area contributed by atoms with Gasteiger partial charge in [-0.25, -0.2) is 0 Å². The Kier molecular flexibility index (Phi) is 5.89. The highest BCUT2D eigenvalue weighted by Crippen LogP contribution is 2.14. The lowest BCUT2D eigenvalue weighted by Gasteiger charge is -2.31. The van der Waals surface area contributed by atoms with Gasteiger partial charge in [-0.2, -0.15) is 0 Å². The Morgan fingerprint density at radius 2 is 1.79 bits per heavy atom. The van der Waals surface area contributed by atoms with Crippen molar-refractivity contribution in [2.45, 2.75) is 20.8 Å². The molecule has 0 bridgehead atoms. The predicted molar refractivity (Wildman–Crippen MR) is 68.3 cm³/mol. The van der Waals surface area contributed by atoms with E-state index >= 15 is 0 Å². The van der Waals surface area contributed by atoms with Gasteiger partial charge in [0.05, 0.1) is 20.1 Å². The predicted octanol–water partition coefficient (Wildman–Crippen LogP) is 3.38. The molecule has 0 aromatic carbocycles. The third kappa shape index (κ3) is 3.72. The van der Waals surface area contributed by atoms with Crippen LogP contribution in [0.4, 0.5) is 0 Å². The fraction of sp³-hybridized carbons (Fsp3) is 0.500. The van der Waals surface area contributed by atoms with Gasteiger partial charge >= 0.3 is 0 Å². The lowest BCUT2D eigenvalue weighted by Crippen LogP contribution is -2.41. The first-order valence-electron chi connectivity index (χ1n) is 5.07. The normalized spacial score (nSPS) is 13.6. The molecule has 0 aliphatic heterocycles. The first-order valence-corrected chi connectivity index (χ1v) is 5.52. The largest absolute Gasteiger partial charge is 0.295 e. The molecule has 0 saturated heterocycles. The monoisotopic (exact) mass is 212 g/mol. The van der Waals surface area contributed by atoms with Crippen LogP contribution in [0.5, 0.6) is 0 Å². The van der Waals surface area contributed by atoms with E-state index < -0.39 is 0 Å². The van der Waals surface area contributed by atoms with Crippen LogP contribution in [-0.2, 0) is 0 Å². The van der Waals surface area contributed by atoms with Crippen LogP contribution in [0, 0.1) is 0 Å². The van der Waals surface area contributed by atoms with Crippen molar-refractivity contribution >= 4 is 12.6 Å². The molecule has 0 aromatic rings. The molecule has 0 radical (unpaired) electrons. The summed E-state index contributed by atoms with van der Waals surface area (Å²) in [5.41, 5.74) is 1.13. The number of hydrogen-bond donors (Lipinski definition) is 1. The summed E-state index contributed by atoms with van der Waals surface area (Å²) < 4.78 is 0.890. The molecule has 0 rings (SSSR count). The fourth-order valence-corrected chi connectivity index (χ4v) is 1.16. The summed E-state index contributed by atoms with van der Waals surface area (Å²) in [4.78, 5) is 0.977. The zero-order chi connectivity index (χ0) is 11.2. The van der Waals surface area contributed by atoms with E-state index in [0.29, 0.717) is 0 Å². The Balaban J connectivity index is 4.55. The third-order valence-corrected chi connectivity index (χ3v) is 3.24. The van der Waals surface area contributed by atoms with Crippen molar-refractivity contribution in [2.24, 2.45) is 0 Å². The highest BCUT2D eigenvalue weighted by molar-refractivity contribution is 7.84. The Labute approximate surface area is 93.8 Å². The zero-order valence-electron chi connectivity index (χ0n) is 9.75. The van der Waals surface area contributed by atoms with Gasteiger partial charge in [-0.15, -0.1) is 12.6 Å². The van der Waals surface area contributed by atoms with E-state index in [9.17, 15) is 0 Å². The number of likely N-dealkylation sites (N-methyl/N-ethyl adjacent to an activating group) is 1. The van der Waals surface area contributed by atoms with Crippen molar-refractivity contribution in [1.29, 1.82) is 0 Å². The van der Waals surface area contributed by atoms with Crippen molar-refractivity contribution < 1.29 is 4.48 Å². The summed E-state index contributed by atoms with van der Waals surface area (Å²) in [7, 11) is 2.19. The third-order valence-electron chi connectivity index (χ3n) is 2.83. The van der Waals surface area contributed by atoms with E-state index in [-0.39, 0.29) is 0 Å². The standard InChI is InChI=1S/C12H21NS/c1-6-12(14)10-9-11(4)13(5,7-2)8-3/h6,9-10H,4,7-8H2,1-3,5H3/p+1. The lowest BCUT2D eigenvalue weighted by atomic mass is 10.3. The van der Waals surface area contributed by atoms with Crippen LogP contribution in [-0.4, -0.2) is 24.6 Å². The maximum Gasteiger partial charge on any atom is 0.125 e. The molecule has 14 heavy (non-hydrogen) atoms. The maximum absolute atomic E-state index is 4.29. The van der Waals surface area contributed by atoms with Crippen molar-refractivity contribution in [3.05, 3.63) is 35.4 Å². The summed E-state index contributed by atoms with van der Waals surface area (Å²) in [5, 5.41) is 0. The molecule has 0 saturated carbocycles. The molecule has 1 nitrogen and oxygen atoms in total. The molecule has 0 aromatic heterocycles. The van der Waals surface area contributed by atoms with Gasteiger partial charge in [0.25, 0.3) is 0 Å². The summed E-state index contributed by atoms with van der Waals surface area (Å²) in [5.74, 6) is 0. The molecule has 0 fully saturated rings. The minimum Gasteiger partial charge on any atom is -0.295 e. The van der Waals surface area contributed by atoms with Crippen LogP contribution in [0.1, 0.15) is 20.8 Å². The minimum absolute atomic E-state index is 0.890. The summed E-state index contributed by atoms with van der Waals surface area (Å²) in [6.45, 7) is 12.6. The lowest BCUT2D eigenvalue weighted by molar-refractivity contribution is -0.865. The second-order valence-corrected chi connectivity index (χ2v) is 4.08. The smallest absolute Gasteiger partial charge is 0.125 e. The molecule has 0 spiro atoms. The van der Waals surface area contributed by atoms with Crippen molar-refractivity contribution in [3.8, 4) is 0 Å². The molecule has 0 N–H and O–H groups in total. The van der Waals surface area contributed by atoms with Crippen molar-refractivity contribution in [2.75, 3.05) is 20.1 Å². The Morgan fingerprint density at radius 1 is 1.29 bits per heavy atom. The minimum atomic E-state index is 0.890. The van der Waals surface area contributed by atoms with Crippen LogP contribution in [0.3, 0.4) is 0 Å². The molecule has 0 unspecified atom stereocenters. The summed E-state index contributed by atoms with van der Waals surface area (Å²) >= 11 is 4.29. The zero-order valence-corrected chi connectivity index (χ0v) is 10.6. The van der Waals surface area contributed by atoms with Crippen molar-refractivity contribution in [1.82, 2.24) is 0 Å². The van der Waals surface area contributed by atoms with Gasteiger partial charge in [-0.05, 0) is 44.4 Å². The van der Waals surface area contributed by atoms with E-state index in [2.05, 4.69) is 46.2 Å². The molecule has 80 valence electrons. The van der Waals surface area contributed by atoms with E-state index in [1.54, 1.807) is 0 Å². The Morgan fingerprint density at radius 3 is 2.14 bits per heavy atom. The molecular weight excluding hydrogens is 190 g/mol. The van der Waals surface area contributed by atoms with Gasteiger partial charge < -0.3 is 0 Å². The second-order valence-electron chi connectivity index (χ2n) is 3.57. The van der Waals surface area contributed by atoms with E-state index in [4.69, 9.17) is 0 Å². The molecule has 0 aliphatic rings. The number of nitrogens with zero attached hydrogens (tertiary/aromatic N) is 1. The topological polar surface area (TPSA) is 0 Å². The quantitative estimate of drug-likeness (QED) is 0.403. The maximum atomic E-state index is 4.29. The Bertz CT molecular complexity index is 247. The number of rotatable bonds is 5. The van der Waals surface area contributed by atoms with Crippen LogP contribution in [0.15, 0.2) is 35.4 Å². The molecule has 2 heteroatoms. The van der Waals surface area contributed by atoms with Gasteiger partial charge in [0, 0.05) is 0 Å². The molecule has 0 aliphatic carbocycles. The number of allylic oxidation sites excluding steroid dienone is 3. The van der Waals surface area contributed by atoms with Gasteiger partial charge in [-0.1, -0.05) is 6.08 Å². The fourth-order valence-electron chi connectivity index (χ4n) is 1.09. The highest BCUT2D eigenvalue weighted by atomic mass is 32.1. The number of quaternary nitrogens is 1. The summed E-state index contributed by atoms with van der Waals surface area (Å²) in [6.07, 6.45) is 6.01. The molecule has 0 atom stereocenters. The number of hydrogen-bond acceptors (Lipinski definition) is 1. The van der Waals surface area contributed by atoms with E-state index in [1.807, 2.05) is 19.1 Å². The van der Waals surface area contributed by atoms with Crippen molar-refractivity contribution in [3.63, 3.8) is 0 Å². The average Bonchev–Trinajstić information content (AvgIpc) is 2.23. The van der Waals surface area contributed by atoms with Crippen LogP contribution in [0.2, 0.25) is 0 Å². The van der Waals surface area contributed by atoms with E-state index in [1.165, 1.54) is 0 Å².